The lowest BCUT2D eigenvalue weighted by Crippen LogP contribution is -2.50. The fourth-order valence-corrected chi connectivity index (χ4v) is 4.86. The molecule has 2 aromatic carbocycles. The first-order valence-corrected chi connectivity index (χ1v) is 12.5. The molecule has 0 unspecified atom stereocenters. The van der Waals surface area contributed by atoms with Gasteiger partial charge in [0.15, 0.2) is 11.5 Å². The van der Waals surface area contributed by atoms with Gasteiger partial charge in [0.1, 0.15) is 0 Å². The molecule has 3 rings (SSSR count). The minimum absolute atomic E-state index is 0.00642. The van der Waals surface area contributed by atoms with Crippen molar-refractivity contribution >= 4 is 16.1 Å². The molecule has 0 aliphatic carbocycles. The van der Waals surface area contributed by atoms with Gasteiger partial charge in [0.2, 0.25) is 6.79 Å². The molecule has 0 radical (unpaired) electrons. The molecule has 0 saturated carbocycles. The van der Waals surface area contributed by atoms with Crippen LogP contribution in [-0.4, -0.2) is 60.8 Å². The van der Waals surface area contributed by atoms with E-state index in [-0.39, 0.29) is 18.1 Å². The average molecular weight is 495 g/mol. The van der Waals surface area contributed by atoms with Crippen LogP contribution in [0, 0.1) is 0 Å². The molecule has 0 saturated heterocycles. The number of hydrogen-bond acceptors (Lipinski definition) is 7. The first kappa shape index (κ1) is 25.8. The molecule has 34 heavy (non-hydrogen) atoms. The number of sulfonamides is 1. The van der Waals surface area contributed by atoms with Crippen molar-refractivity contribution < 1.29 is 37.7 Å². The topological polar surface area (TPSA) is 135 Å². The smallest absolute Gasteiger partial charge is 0.404 e. The van der Waals surface area contributed by atoms with E-state index in [4.69, 9.17) is 14.3 Å². The minimum Gasteiger partial charge on any atom is -0.465 e. The van der Waals surface area contributed by atoms with Gasteiger partial charge < -0.3 is 25.0 Å². The van der Waals surface area contributed by atoms with Crippen molar-refractivity contribution in [3.63, 3.8) is 0 Å². The molecule has 0 aromatic heterocycles. The van der Waals surface area contributed by atoms with E-state index in [0.29, 0.717) is 24.3 Å². The van der Waals surface area contributed by atoms with E-state index in [0.717, 1.165) is 10.0 Å². The number of carboxylic acid groups (broad SMARTS) is 1. The summed E-state index contributed by atoms with van der Waals surface area (Å²) in [6, 6.07) is 12.2. The molecular weight excluding hydrogens is 464 g/mol. The second kappa shape index (κ2) is 11.5. The fraction of sp³-hybridized carbons (Fsp3) is 0.435. The molecule has 0 spiro atoms. The summed E-state index contributed by atoms with van der Waals surface area (Å²) in [6.07, 6.45) is -1.89. The SMILES string of the molecule is CCC(CC)ON(C[C@@H](O)[C@H](Cc1ccccc1)NC(=O)O)S(=O)(=O)c1ccc2c(c1)OCO2. The van der Waals surface area contributed by atoms with Gasteiger partial charge in [-0.05, 0) is 37.0 Å². The summed E-state index contributed by atoms with van der Waals surface area (Å²) in [5.41, 5.74) is 0.784. The predicted molar refractivity (Wildman–Crippen MR) is 123 cm³/mol. The summed E-state index contributed by atoms with van der Waals surface area (Å²) in [4.78, 5) is 17.1. The van der Waals surface area contributed by atoms with Crippen LogP contribution in [0.25, 0.3) is 0 Å². The molecule has 2 atom stereocenters. The van der Waals surface area contributed by atoms with E-state index in [9.17, 15) is 23.4 Å². The molecule has 186 valence electrons. The highest BCUT2D eigenvalue weighted by atomic mass is 32.2. The molecule has 3 N–H and O–H groups in total. The second-order valence-corrected chi connectivity index (χ2v) is 9.69. The molecule has 1 aliphatic heterocycles. The lowest BCUT2D eigenvalue weighted by Gasteiger charge is -2.30. The highest BCUT2D eigenvalue weighted by molar-refractivity contribution is 7.89. The Kier molecular flexibility index (Phi) is 8.72. The lowest BCUT2D eigenvalue weighted by atomic mass is 10.0. The monoisotopic (exact) mass is 494 g/mol. The molecule has 11 heteroatoms. The van der Waals surface area contributed by atoms with E-state index in [1.54, 1.807) is 24.3 Å². The molecule has 0 bridgehead atoms. The van der Waals surface area contributed by atoms with Crippen molar-refractivity contribution in [3.05, 3.63) is 54.1 Å². The molecule has 10 nitrogen and oxygen atoms in total. The Morgan fingerprint density at radius 3 is 2.44 bits per heavy atom. The largest absolute Gasteiger partial charge is 0.465 e. The average Bonchev–Trinajstić information content (AvgIpc) is 3.29. The van der Waals surface area contributed by atoms with E-state index >= 15 is 0 Å². The van der Waals surface area contributed by atoms with Gasteiger partial charge in [-0.15, -0.1) is 0 Å². The lowest BCUT2D eigenvalue weighted by molar-refractivity contribution is -0.149. The molecule has 1 heterocycles. The van der Waals surface area contributed by atoms with E-state index in [1.807, 2.05) is 19.9 Å². The molecular formula is C23H30N2O8S. The molecule has 1 aliphatic rings. The third-order valence-electron chi connectivity index (χ3n) is 5.50. The van der Waals surface area contributed by atoms with Crippen LogP contribution < -0.4 is 14.8 Å². The van der Waals surface area contributed by atoms with Gasteiger partial charge in [-0.25, -0.2) is 13.2 Å². The van der Waals surface area contributed by atoms with Gasteiger partial charge in [0.25, 0.3) is 10.0 Å². The summed E-state index contributed by atoms with van der Waals surface area (Å²) in [5.74, 6) is 0.721. The Labute approximate surface area is 199 Å². The van der Waals surface area contributed by atoms with Gasteiger partial charge in [-0.1, -0.05) is 48.6 Å². The zero-order valence-electron chi connectivity index (χ0n) is 19.1. The maximum atomic E-state index is 13.5. The number of nitrogens with one attached hydrogen (secondary N) is 1. The van der Waals surface area contributed by atoms with Crippen molar-refractivity contribution in [2.24, 2.45) is 0 Å². The third kappa shape index (κ3) is 6.38. The first-order valence-electron chi connectivity index (χ1n) is 11.0. The van der Waals surface area contributed by atoms with Crippen molar-refractivity contribution in [1.82, 2.24) is 9.79 Å². The Morgan fingerprint density at radius 1 is 1.12 bits per heavy atom. The maximum absolute atomic E-state index is 13.5. The van der Waals surface area contributed by atoms with Crippen molar-refractivity contribution in [2.45, 2.75) is 56.3 Å². The summed E-state index contributed by atoms with van der Waals surface area (Å²) in [7, 11) is -4.23. The van der Waals surface area contributed by atoms with Crippen LogP contribution in [0.1, 0.15) is 32.3 Å². The minimum atomic E-state index is -4.23. The van der Waals surface area contributed by atoms with Gasteiger partial charge in [0.05, 0.1) is 29.7 Å². The Morgan fingerprint density at radius 2 is 1.79 bits per heavy atom. The highest BCUT2D eigenvalue weighted by Gasteiger charge is 2.34. The summed E-state index contributed by atoms with van der Waals surface area (Å²) >= 11 is 0. The van der Waals surface area contributed by atoms with Crippen molar-refractivity contribution in [3.8, 4) is 11.5 Å². The van der Waals surface area contributed by atoms with Crippen molar-refractivity contribution in [1.29, 1.82) is 0 Å². The van der Waals surface area contributed by atoms with Crippen LogP contribution in [0.2, 0.25) is 0 Å². The van der Waals surface area contributed by atoms with Gasteiger partial charge in [-0.2, -0.15) is 0 Å². The number of hydroxylamine groups is 1. The summed E-state index contributed by atoms with van der Waals surface area (Å²) in [6.45, 7) is 3.24. The number of rotatable bonds is 12. The van der Waals surface area contributed by atoms with E-state index < -0.39 is 40.9 Å². The van der Waals surface area contributed by atoms with Gasteiger partial charge in [0, 0.05) is 6.07 Å². The summed E-state index contributed by atoms with van der Waals surface area (Å²) in [5, 5.41) is 22.5. The van der Waals surface area contributed by atoms with Gasteiger partial charge in [-0.3, -0.25) is 4.84 Å². The van der Waals surface area contributed by atoms with E-state index in [2.05, 4.69) is 5.32 Å². The number of benzene rings is 2. The maximum Gasteiger partial charge on any atom is 0.404 e. The van der Waals surface area contributed by atoms with Gasteiger partial charge >= 0.3 is 6.09 Å². The number of aliphatic hydroxyl groups excluding tert-OH is 1. The molecule has 2 aromatic rings. The number of amides is 1. The van der Waals surface area contributed by atoms with Crippen LogP contribution in [0.4, 0.5) is 4.79 Å². The Balaban J connectivity index is 1.88. The summed E-state index contributed by atoms with van der Waals surface area (Å²) < 4.78 is 38.3. The fourth-order valence-electron chi connectivity index (χ4n) is 3.55. The standard InChI is InChI=1S/C23H30N2O8S/c1-3-17(4-2)33-25(34(29,30)18-10-11-21-22(13-18)32-15-31-21)14-20(26)19(24-23(27)28)12-16-8-6-5-7-9-16/h5-11,13,17,19-20,24,26H,3-4,12,14-15H2,1-2H3,(H,27,28)/t19-,20+/m0/s1. The van der Waals surface area contributed by atoms with Crippen molar-refractivity contribution in [2.75, 3.05) is 13.3 Å². The number of ether oxygens (including phenoxy) is 2. The predicted octanol–water partition coefficient (Wildman–Crippen LogP) is 2.77. The normalized spacial score (nSPS) is 14.9. The van der Waals surface area contributed by atoms with Crippen LogP contribution >= 0.6 is 0 Å². The van der Waals surface area contributed by atoms with Crippen LogP contribution in [-0.2, 0) is 21.3 Å². The van der Waals surface area contributed by atoms with E-state index in [1.165, 1.54) is 18.2 Å². The second-order valence-electron chi connectivity index (χ2n) is 7.86. The quantitative estimate of drug-likeness (QED) is 0.384. The third-order valence-corrected chi connectivity index (χ3v) is 7.12. The van der Waals surface area contributed by atoms with Crippen LogP contribution in [0.5, 0.6) is 11.5 Å². The highest BCUT2D eigenvalue weighted by Crippen LogP contribution is 2.35. The number of fused-ring (bicyclic) bond motifs is 1. The number of hydrogen-bond donors (Lipinski definition) is 3. The first-order chi connectivity index (χ1) is 16.2. The zero-order valence-corrected chi connectivity index (χ0v) is 19.9. The number of nitrogens with zero attached hydrogens (tertiary/aromatic N) is 1. The number of aliphatic hydroxyl groups is 1. The zero-order chi connectivity index (χ0) is 24.7. The van der Waals surface area contributed by atoms with Crippen LogP contribution in [0.15, 0.2) is 53.4 Å². The van der Waals surface area contributed by atoms with Crippen LogP contribution in [0.3, 0.4) is 0 Å². The number of carbonyl (C=O) groups is 1. The molecule has 1 amide bonds. The molecule has 0 fully saturated rings. The Bertz CT molecular complexity index is 1060. The Hall–Kier alpha value is -2.86.